The summed E-state index contributed by atoms with van der Waals surface area (Å²) >= 11 is 0. The Morgan fingerprint density at radius 3 is 3.11 bits per heavy atom. The topological polar surface area (TPSA) is 47.4 Å². The molecular weight excluding hydrogens is 230 g/mol. The van der Waals surface area contributed by atoms with Crippen molar-refractivity contribution in [1.29, 1.82) is 0 Å². The molecule has 0 spiro atoms. The summed E-state index contributed by atoms with van der Waals surface area (Å²) in [6, 6.07) is 1.93. The van der Waals surface area contributed by atoms with Gasteiger partial charge in [-0.25, -0.2) is 0 Å². The van der Waals surface area contributed by atoms with Crippen molar-refractivity contribution in [1.82, 2.24) is 14.7 Å². The van der Waals surface area contributed by atoms with E-state index in [1.165, 1.54) is 0 Å². The third-order valence-corrected chi connectivity index (χ3v) is 3.33. The summed E-state index contributed by atoms with van der Waals surface area (Å²) in [5.41, 5.74) is 0. The van der Waals surface area contributed by atoms with Gasteiger partial charge in [-0.15, -0.1) is 0 Å². The van der Waals surface area contributed by atoms with Gasteiger partial charge in [0.1, 0.15) is 0 Å². The van der Waals surface area contributed by atoms with E-state index in [2.05, 4.69) is 10.00 Å². The van der Waals surface area contributed by atoms with Gasteiger partial charge in [-0.3, -0.25) is 9.48 Å². The number of nitrogens with zero attached hydrogens (tertiary/aromatic N) is 3. The molecule has 100 valence electrons. The SMILES string of the molecule is CCOC(=O)C1CCCN(CCn2cccn2)C1. The molecule has 0 bridgehead atoms. The van der Waals surface area contributed by atoms with Crippen LogP contribution < -0.4 is 0 Å². The highest BCUT2D eigenvalue weighted by Crippen LogP contribution is 2.17. The molecule has 18 heavy (non-hydrogen) atoms. The quantitative estimate of drug-likeness (QED) is 0.737. The minimum Gasteiger partial charge on any atom is -0.466 e. The maximum absolute atomic E-state index is 11.7. The van der Waals surface area contributed by atoms with Crippen LogP contribution in [0.1, 0.15) is 19.8 Å². The lowest BCUT2D eigenvalue weighted by Crippen LogP contribution is -2.40. The molecule has 1 unspecified atom stereocenters. The zero-order valence-electron chi connectivity index (χ0n) is 10.9. The van der Waals surface area contributed by atoms with Crippen LogP contribution in [-0.4, -0.2) is 46.9 Å². The first-order chi connectivity index (χ1) is 8.79. The van der Waals surface area contributed by atoms with E-state index in [1.54, 1.807) is 6.20 Å². The number of piperidine rings is 1. The van der Waals surface area contributed by atoms with Gasteiger partial charge in [-0.1, -0.05) is 0 Å². The van der Waals surface area contributed by atoms with Crippen molar-refractivity contribution in [2.75, 3.05) is 26.2 Å². The largest absolute Gasteiger partial charge is 0.466 e. The highest BCUT2D eigenvalue weighted by Gasteiger charge is 2.26. The van der Waals surface area contributed by atoms with Crippen molar-refractivity contribution in [2.45, 2.75) is 26.3 Å². The summed E-state index contributed by atoms with van der Waals surface area (Å²) in [5, 5.41) is 4.18. The van der Waals surface area contributed by atoms with E-state index in [4.69, 9.17) is 4.74 Å². The molecule has 1 aromatic heterocycles. The summed E-state index contributed by atoms with van der Waals surface area (Å²) in [4.78, 5) is 14.0. The van der Waals surface area contributed by atoms with Crippen molar-refractivity contribution < 1.29 is 9.53 Å². The van der Waals surface area contributed by atoms with E-state index in [0.717, 1.165) is 39.0 Å². The van der Waals surface area contributed by atoms with Crippen molar-refractivity contribution in [3.05, 3.63) is 18.5 Å². The molecule has 0 saturated carbocycles. The molecule has 5 heteroatoms. The number of carbonyl (C=O) groups is 1. The lowest BCUT2D eigenvalue weighted by Gasteiger charge is -2.31. The van der Waals surface area contributed by atoms with Crippen molar-refractivity contribution in [2.24, 2.45) is 5.92 Å². The van der Waals surface area contributed by atoms with E-state index < -0.39 is 0 Å². The first kappa shape index (κ1) is 13.1. The van der Waals surface area contributed by atoms with Crippen LogP contribution in [0.2, 0.25) is 0 Å². The number of carbonyl (C=O) groups excluding carboxylic acids is 1. The second-order valence-electron chi connectivity index (χ2n) is 4.66. The molecule has 0 N–H and O–H groups in total. The smallest absolute Gasteiger partial charge is 0.310 e. The Morgan fingerprint density at radius 2 is 2.39 bits per heavy atom. The summed E-state index contributed by atoms with van der Waals surface area (Å²) < 4.78 is 7.02. The Hall–Kier alpha value is -1.36. The third-order valence-electron chi connectivity index (χ3n) is 3.33. The molecule has 2 rings (SSSR count). The molecule has 1 saturated heterocycles. The van der Waals surface area contributed by atoms with E-state index in [1.807, 2.05) is 23.9 Å². The molecule has 1 aliphatic rings. The summed E-state index contributed by atoms with van der Waals surface area (Å²) in [6.45, 7) is 6.04. The van der Waals surface area contributed by atoms with Crippen LogP contribution >= 0.6 is 0 Å². The van der Waals surface area contributed by atoms with Crippen LogP contribution in [0.4, 0.5) is 0 Å². The number of likely N-dealkylation sites (tertiary alicyclic amines) is 1. The van der Waals surface area contributed by atoms with Crippen molar-refractivity contribution in [3.8, 4) is 0 Å². The minimum atomic E-state index is -0.0405. The lowest BCUT2D eigenvalue weighted by atomic mass is 9.98. The van der Waals surface area contributed by atoms with Crippen molar-refractivity contribution in [3.63, 3.8) is 0 Å². The zero-order chi connectivity index (χ0) is 12.8. The average Bonchev–Trinajstić information content (AvgIpc) is 2.90. The first-order valence-electron chi connectivity index (χ1n) is 6.66. The van der Waals surface area contributed by atoms with Gasteiger partial charge in [0, 0.05) is 25.5 Å². The minimum absolute atomic E-state index is 0.0405. The number of ether oxygens (including phenoxy) is 1. The van der Waals surface area contributed by atoms with Gasteiger partial charge in [0.25, 0.3) is 0 Å². The zero-order valence-corrected chi connectivity index (χ0v) is 10.9. The van der Waals surface area contributed by atoms with E-state index in [-0.39, 0.29) is 11.9 Å². The predicted molar refractivity (Wildman–Crippen MR) is 68.0 cm³/mol. The van der Waals surface area contributed by atoms with Gasteiger partial charge in [0.05, 0.1) is 19.1 Å². The van der Waals surface area contributed by atoms with Gasteiger partial charge in [0.2, 0.25) is 0 Å². The molecule has 0 aliphatic carbocycles. The number of rotatable bonds is 5. The molecular formula is C13H21N3O2. The van der Waals surface area contributed by atoms with Gasteiger partial charge >= 0.3 is 5.97 Å². The van der Waals surface area contributed by atoms with Crippen LogP contribution in [0.5, 0.6) is 0 Å². The van der Waals surface area contributed by atoms with Gasteiger partial charge in [0.15, 0.2) is 0 Å². The lowest BCUT2D eigenvalue weighted by molar-refractivity contribution is -0.149. The van der Waals surface area contributed by atoms with Crippen LogP contribution in [-0.2, 0) is 16.1 Å². The maximum atomic E-state index is 11.7. The van der Waals surface area contributed by atoms with Crippen LogP contribution in [0, 0.1) is 5.92 Å². The highest BCUT2D eigenvalue weighted by molar-refractivity contribution is 5.72. The van der Waals surface area contributed by atoms with Crippen LogP contribution in [0.3, 0.4) is 0 Å². The standard InChI is InChI=1S/C13H21N3O2/c1-2-18-13(17)12-5-3-7-15(11-12)9-10-16-8-4-6-14-16/h4,6,8,12H,2-3,5,7,9-11H2,1H3. The Labute approximate surface area is 108 Å². The highest BCUT2D eigenvalue weighted by atomic mass is 16.5. The molecule has 0 radical (unpaired) electrons. The fourth-order valence-electron chi connectivity index (χ4n) is 2.39. The monoisotopic (exact) mass is 251 g/mol. The average molecular weight is 251 g/mol. The normalized spacial score (nSPS) is 20.8. The molecule has 1 fully saturated rings. The second-order valence-corrected chi connectivity index (χ2v) is 4.66. The second kappa shape index (κ2) is 6.54. The summed E-state index contributed by atoms with van der Waals surface area (Å²) in [5.74, 6) is 0.0117. The molecule has 1 aliphatic heterocycles. The fraction of sp³-hybridized carbons (Fsp3) is 0.692. The number of hydrogen-bond acceptors (Lipinski definition) is 4. The summed E-state index contributed by atoms with van der Waals surface area (Å²) in [7, 11) is 0. The van der Waals surface area contributed by atoms with Crippen LogP contribution in [0.15, 0.2) is 18.5 Å². The summed E-state index contributed by atoms with van der Waals surface area (Å²) in [6.07, 6.45) is 5.78. The number of esters is 1. The molecule has 1 atom stereocenters. The predicted octanol–water partition coefficient (Wildman–Crippen LogP) is 1.16. The first-order valence-corrected chi connectivity index (χ1v) is 6.66. The Morgan fingerprint density at radius 1 is 1.50 bits per heavy atom. The van der Waals surface area contributed by atoms with E-state index in [9.17, 15) is 4.79 Å². The van der Waals surface area contributed by atoms with Crippen molar-refractivity contribution >= 4 is 5.97 Å². The maximum Gasteiger partial charge on any atom is 0.310 e. The Kier molecular flexibility index (Phi) is 4.75. The molecule has 0 aromatic carbocycles. The van der Waals surface area contributed by atoms with Gasteiger partial charge < -0.3 is 9.64 Å². The van der Waals surface area contributed by atoms with Gasteiger partial charge in [-0.05, 0) is 32.4 Å². The van der Waals surface area contributed by atoms with Crippen LogP contribution in [0.25, 0.3) is 0 Å². The Bertz CT molecular complexity index is 364. The molecule has 5 nitrogen and oxygen atoms in total. The molecule has 0 amide bonds. The van der Waals surface area contributed by atoms with Gasteiger partial charge in [-0.2, -0.15) is 5.10 Å². The number of aromatic nitrogens is 2. The van der Waals surface area contributed by atoms with E-state index in [0.29, 0.717) is 6.61 Å². The van der Waals surface area contributed by atoms with E-state index >= 15 is 0 Å². The fourth-order valence-corrected chi connectivity index (χ4v) is 2.39. The molecule has 2 heterocycles. The Balaban J connectivity index is 1.77. The molecule has 1 aromatic rings. The number of hydrogen-bond donors (Lipinski definition) is 0. The third kappa shape index (κ3) is 3.57.